The van der Waals surface area contributed by atoms with Gasteiger partial charge in [-0.25, -0.2) is 9.78 Å². The van der Waals surface area contributed by atoms with E-state index in [-0.39, 0.29) is 5.97 Å². The molecule has 0 aliphatic carbocycles. The molecule has 1 aromatic heterocycles. The van der Waals surface area contributed by atoms with E-state index >= 15 is 0 Å². The summed E-state index contributed by atoms with van der Waals surface area (Å²) in [5.41, 5.74) is 1.98. The number of methoxy groups -OCH3 is 1. The Morgan fingerprint density at radius 2 is 1.90 bits per heavy atom. The maximum Gasteiger partial charge on any atom is 0.337 e. The summed E-state index contributed by atoms with van der Waals surface area (Å²) in [6.45, 7) is 6.83. The number of carbonyl (C=O) groups excluding carboxylic acids is 1. The molecule has 0 radical (unpaired) electrons. The maximum atomic E-state index is 11.6. The summed E-state index contributed by atoms with van der Waals surface area (Å²) in [5, 5.41) is 0. The first-order valence-electron chi connectivity index (χ1n) is 7.55. The molecule has 0 amide bonds. The maximum absolute atomic E-state index is 11.6. The minimum Gasteiger partial charge on any atom is -0.465 e. The number of esters is 1. The van der Waals surface area contributed by atoms with E-state index in [2.05, 4.69) is 25.8 Å². The molecule has 1 heterocycles. The first-order chi connectivity index (χ1) is 10.1. The van der Waals surface area contributed by atoms with Gasteiger partial charge in [0.05, 0.1) is 20.7 Å². The zero-order chi connectivity index (χ0) is 15.5. The molecule has 114 valence electrons. The van der Waals surface area contributed by atoms with E-state index in [1.807, 2.05) is 0 Å². The third kappa shape index (κ3) is 3.18. The van der Waals surface area contributed by atoms with Gasteiger partial charge in [-0.15, -0.1) is 0 Å². The summed E-state index contributed by atoms with van der Waals surface area (Å²) < 4.78 is 10.6. The molecule has 5 heteroatoms. The van der Waals surface area contributed by atoms with Crippen molar-refractivity contribution in [1.82, 2.24) is 4.98 Å². The van der Waals surface area contributed by atoms with Crippen molar-refractivity contribution < 1.29 is 13.9 Å². The predicted molar refractivity (Wildman–Crippen MR) is 86.2 cm³/mol. The molecule has 1 aromatic carbocycles. The highest BCUT2D eigenvalue weighted by Crippen LogP contribution is 2.27. The quantitative estimate of drug-likeness (QED) is 0.592. The molecular weight excluding hydrogens is 282 g/mol. The summed E-state index contributed by atoms with van der Waals surface area (Å²) >= 11 is 0. The van der Waals surface area contributed by atoms with Crippen LogP contribution in [0.2, 0.25) is 18.1 Å². The Morgan fingerprint density at radius 3 is 2.48 bits per heavy atom. The number of carbonyl (C=O) groups is 1. The van der Waals surface area contributed by atoms with Crippen LogP contribution in [0.4, 0.5) is 0 Å². The molecule has 4 nitrogen and oxygen atoms in total. The first kappa shape index (κ1) is 15.8. The van der Waals surface area contributed by atoms with Crippen molar-refractivity contribution >= 4 is 25.1 Å². The average Bonchev–Trinajstić information content (AvgIpc) is 2.93. The largest absolute Gasteiger partial charge is 0.465 e. The number of hydrogen-bond acceptors (Lipinski definition) is 4. The topological polar surface area (TPSA) is 52.3 Å². The van der Waals surface area contributed by atoms with Crippen molar-refractivity contribution in [3.05, 3.63) is 29.7 Å². The lowest BCUT2D eigenvalue weighted by atomic mass is 10.2. The molecule has 0 bridgehead atoms. The fourth-order valence-corrected chi connectivity index (χ4v) is 5.78. The van der Waals surface area contributed by atoms with Crippen LogP contribution in [0.5, 0.6) is 0 Å². The van der Waals surface area contributed by atoms with Gasteiger partial charge in [-0.1, -0.05) is 38.9 Å². The number of nitrogens with zero attached hydrogens (tertiary/aromatic N) is 1. The Morgan fingerprint density at radius 1 is 1.24 bits per heavy atom. The number of fused-ring (bicyclic) bond motifs is 1. The Bertz CT molecular complexity index is 623. The Labute approximate surface area is 126 Å². The van der Waals surface area contributed by atoms with Crippen molar-refractivity contribution in [3.63, 3.8) is 0 Å². The van der Waals surface area contributed by atoms with Crippen LogP contribution >= 0.6 is 0 Å². The minimum absolute atomic E-state index is 0.346. The van der Waals surface area contributed by atoms with Gasteiger partial charge in [0.15, 0.2) is 11.5 Å². The molecule has 0 atom stereocenters. The Balaban J connectivity index is 2.32. The van der Waals surface area contributed by atoms with Gasteiger partial charge in [0.1, 0.15) is 5.52 Å². The normalized spacial score (nSPS) is 11.8. The minimum atomic E-state index is -1.31. The molecule has 2 aromatic rings. The van der Waals surface area contributed by atoms with Gasteiger partial charge < -0.3 is 9.15 Å². The van der Waals surface area contributed by atoms with Gasteiger partial charge in [0.2, 0.25) is 0 Å². The monoisotopic (exact) mass is 305 g/mol. The molecular formula is C16H23NO3Si. The van der Waals surface area contributed by atoms with E-state index in [0.717, 1.165) is 23.0 Å². The molecule has 0 aliphatic rings. The van der Waals surface area contributed by atoms with Crippen molar-refractivity contribution in [2.45, 2.75) is 44.9 Å². The average molecular weight is 305 g/mol. The highest BCUT2D eigenvalue weighted by molar-refractivity contribution is 6.79. The van der Waals surface area contributed by atoms with E-state index in [4.69, 9.17) is 9.15 Å². The number of rotatable bonds is 6. The molecule has 0 aliphatic heterocycles. The van der Waals surface area contributed by atoms with Crippen molar-refractivity contribution in [3.8, 4) is 0 Å². The van der Waals surface area contributed by atoms with Gasteiger partial charge in [-0.05, 0) is 18.2 Å². The second kappa shape index (κ2) is 6.43. The fraction of sp³-hybridized carbons (Fsp3) is 0.500. The summed E-state index contributed by atoms with van der Waals surface area (Å²) in [6.07, 6.45) is 0. The van der Waals surface area contributed by atoms with Gasteiger partial charge in [0, 0.05) is 6.04 Å². The highest BCUT2D eigenvalue weighted by Gasteiger charge is 2.29. The van der Waals surface area contributed by atoms with Crippen LogP contribution in [0.15, 0.2) is 22.6 Å². The number of aromatic nitrogens is 1. The van der Waals surface area contributed by atoms with Crippen LogP contribution in [0.25, 0.3) is 11.1 Å². The lowest BCUT2D eigenvalue weighted by Crippen LogP contribution is -2.34. The van der Waals surface area contributed by atoms with Gasteiger partial charge in [-0.2, -0.15) is 0 Å². The molecule has 0 unspecified atom stereocenters. The fourth-order valence-electron chi connectivity index (χ4n) is 2.74. The van der Waals surface area contributed by atoms with E-state index in [1.54, 1.807) is 18.2 Å². The summed E-state index contributed by atoms with van der Waals surface area (Å²) in [7, 11) is 0.0681. The van der Waals surface area contributed by atoms with Crippen LogP contribution in [0.3, 0.4) is 0 Å². The van der Waals surface area contributed by atoms with Gasteiger partial charge >= 0.3 is 5.97 Å². The van der Waals surface area contributed by atoms with Gasteiger partial charge in [0.25, 0.3) is 0 Å². The molecule has 2 rings (SSSR count). The molecule has 21 heavy (non-hydrogen) atoms. The van der Waals surface area contributed by atoms with Gasteiger partial charge in [-0.3, -0.25) is 0 Å². The number of ether oxygens (including phenoxy) is 1. The third-order valence-corrected chi connectivity index (χ3v) is 10.2. The van der Waals surface area contributed by atoms with Crippen LogP contribution in [-0.4, -0.2) is 26.1 Å². The first-order valence-corrected chi connectivity index (χ1v) is 10.4. The molecule has 0 saturated heterocycles. The number of hydrogen-bond donors (Lipinski definition) is 0. The smallest absolute Gasteiger partial charge is 0.337 e. The summed E-state index contributed by atoms with van der Waals surface area (Å²) in [4.78, 5) is 16.1. The van der Waals surface area contributed by atoms with E-state index in [0.29, 0.717) is 5.56 Å². The van der Waals surface area contributed by atoms with Crippen molar-refractivity contribution in [2.75, 3.05) is 7.11 Å². The van der Waals surface area contributed by atoms with Crippen molar-refractivity contribution in [1.29, 1.82) is 0 Å². The second-order valence-corrected chi connectivity index (χ2v) is 11.0. The predicted octanol–water partition coefficient (Wildman–Crippen LogP) is 4.20. The van der Waals surface area contributed by atoms with Crippen LogP contribution in [0, 0.1) is 0 Å². The number of oxazole rings is 1. The Hall–Kier alpha value is -1.62. The molecule has 0 spiro atoms. The van der Waals surface area contributed by atoms with Crippen molar-refractivity contribution in [2.24, 2.45) is 0 Å². The lowest BCUT2D eigenvalue weighted by Gasteiger charge is -2.26. The van der Waals surface area contributed by atoms with E-state index in [1.165, 1.54) is 25.2 Å². The van der Waals surface area contributed by atoms with Crippen LogP contribution in [0.1, 0.15) is 37.0 Å². The zero-order valence-corrected chi connectivity index (χ0v) is 14.2. The standard InChI is InChI=1S/C16H23NO3Si/c1-5-21(6-2,7-3)11-15-17-13-10-12(16(18)19-4)8-9-14(13)20-15/h8-10H,5-7,11H2,1-4H3. The lowest BCUT2D eigenvalue weighted by molar-refractivity contribution is 0.0601. The molecule has 0 N–H and O–H groups in total. The summed E-state index contributed by atoms with van der Waals surface area (Å²) in [5.74, 6) is 0.463. The third-order valence-electron chi connectivity index (χ3n) is 4.63. The highest BCUT2D eigenvalue weighted by atomic mass is 28.3. The zero-order valence-electron chi connectivity index (χ0n) is 13.2. The number of benzene rings is 1. The summed E-state index contributed by atoms with van der Waals surface area (Å²) in [6, 6.07) is 9.95. The van der Waals surface area contributed by atoms with Crippen LogP contribution < -0.4 is 0 Å². The molecule has 0 saturated carbocycles. The molecule has 0 fully saturated rings. The van der Waals surface area contributed by atoms with Crippen LogP contribution in [-0.2, 0) is 10.8 Å². The SMILES string of the molecule is CC[Si](CC)(CC)Cc1nc2cc(C(=O)OC)ccc2o1. The van der Waals surface area contributed by atoms with E-state index < -0.39 is 8.07 Å². The van der Waals surface area contributed by atoms with E-state index in [9.17, 15) is 4.79 Å². The Kier molecular flexibility index (Phi) is 4.83. The second-order valence-electron chi connectivity index (χ2n) is 5.52.